The third-order valence-electron chi connectivity index (χ3n) is 12.4. The molecule has 0 amide bonds. The van der Waals surface area contributed by atoms with E-state index in [1.807, 2.05) is 155 Å². The maximum atomic E-state index is 14.0. The SMILES string of the molecule is COc1ccc(C(c2ccccc2)(c2ccc(OC)cc2)C(O)[C@H]2O[C@@H](n3cc(C#Cc4c5ccccc5cc5ccccc45)c(=O)[nH]c3=O)C[C@@H]2OP(OCCC#N)N(C(C)C)C(C)C)cc1. The molecule has 0 aliphatic carbocycles. The van der Waals surface area contributed by atoms with Crippen LogP contribution in [0.3, 0.4) is 0 Å². The molecular formula is C55H55N4O8P. The fourth-order valence-corrected chi connectivity index (χ4v) is 11.1. The molecule has 2 N–H and O–H groups in total. The number of aromatic amines is 1. The van der Waals surface area contributed by atoms with Gasteiger partial charge < -0.3 is 28.4 Å². The topological polar surface area (TPSA) is 148 Å². The Hall–Kier alpha value is -6.60. The maximum absolute atomic E-state index is 14.0. The van der Waals surface area contributed by atoms with Gasteiger partial charge in [0.1, 0.15) is 35.5 Å². The fraction of sp³-hybridized carbons (Fsp3) is 0.291. The van der Waals surface area contributed by atoms with Crippen molar-refractivity contribution < 1.29 is 28.4 Å². The highest BCUT2D eigenvalue weighted by molar-refractivity contribution is 7.44. The number of nitrogens with zero attached hydrogens (tertiary/aromatic N) is 3. The number of aromatic nitrogens is 2. The van der Waals surface area contributed by atoms with E-state index in [2.05, 4.69) is 33.6 Å². The largest absolute Gasteiger partial charge is 0.497 e. The minimum absolute atomic E-state index is 0.0338. The van der Waals surface area contributed by atoms with Gasteiger partial charge >= 0.3 is 5.69 Å². The molecule has 13 heteroatoms. The number of methoxy groups -OCH3 is 2. The van der Waals surface area contributed by atoms with E-state index in [1.54, 1.807) is 14.2 Å². The van der Waals surface area contributed by atoms with E-state index in [1.165, 1.54) is 10.8 Å². The van der Waals surface area contributed by atoms with Crippen molar-refractivity contribution in [1.29, 1.82) is 5.26 Å². The van der Waals surface area contributed by atoms with Gasteiger partial charge in [0.05, 0.1) is 44.8 Å². The van der Waals surface area contributed by atoms with Crippen LogP contribution in [-0.2, 0) is 19.2 Å². The number of benzene rings is 6. The van der Waals surface area contributed by atoms with Crippen molar-refractivity contribution in [3.63, 3.8) is 0 Å². The van der Waals surface area contributed by atoms with Crippen molar-refractivity contribution >= 4 is 30.1 Å². The summed E-state index contributed by atoms with van der Waals surface area (Å²) in [7, 11) is 1.33. The predicted octanol–water partition coefficient (Wildman–Crippen LogP) is 9.60. The lowest BCUT2D eigenvalue weighted by Crippen LogP contribution is -2.52. The van der Waals surface area contributed by atoms with Gasteiger partial charge in [-0.2, -0.15) is 5.26 Å². The van der Waals surface area contributed by atoms with E-state index in [-0.39, 0.29) is 37.1 Å². The minimum atomic E-state index is -1.87. The smallest absolute Gasteiger partial charge is 0.330 e. The summed E-state index contributed by atoms with van der Waals surface area (Å²) in [5, 5.41) is 27.0. The van der Waals surface area contributed by atoms with Crippen molar-refractivity contribution in [1.82, 2.24) is 14.2 Å². The molecular weight excluding hydrogens is 876 g/mol. The number of rotatable bonds is 16. The summed E-state index contributed by atoms with van der Waals surface area (Å²) in [4.78, 5) is 30.2. The first-order valence-corrected chi connectivity index (χ1v) is 23.8. The summed E-state index contributed by atoms with van der Waals surface area (Å²) >= 11 is 0. The molecule has 348 valence electrons. The summed E-state index contributed by atoms with van der Waals surface area (Å²) in [6, 6.07) is 44.9. The van der Waals surface area contributed by atoms with Crippen LogP contribution >= 0.6 is 8.53 Å². The molecule has 1 fully saturated rings. The van der Waals surface area contributed by atoms with Gasteiger partial charge in [-0.3, -0.25) is 14.3 Å². The molecule has 1 saturated heterocycles. The van der Waals surface area contributed by atoms with Crippen molar-refractivity contribution in [2.75, 3.05) is 20.8 Å². The summed E-state index contributed by atoms with van der Waals surface area (Å²) < 4.78 is 35.2. The molecule has 0 radical (unpaired) electrons. The van der Waals surface area contributed by atoms with Crippen LogP contribution in [0.15, 0.2) is 149 Å². The normalized spacial score (nSPS) is 17.0. The monoisotopic (exact) mass is 930 g/mol. The van der Waals surface area contributed by atoms with Crippen LogP contribution in [0.4, 0.5) is 0 Å². The van der Waals surface area contributed by atoms with Gasteiger partial charge in [0.25, 0.3) is 14.1 Å². The lowest BCUT2D eigenvalue weighted by Gasteiger charge is -2.44. The highest BCUT2D eigenvalue weighted by atomic mass is 31.2. The zero-order chi connectivity index (χ0) is 48.0. The Morgan fingerprint density at radius 2 is 1.34 bits per heavy atom. The molecule has 6 aromatic carbocycles. The fourth-order valence-electron chi connectivity index (χ4n) is 9.36. The van der Waals surface area contributed by atoms with Crippen molar-refractivity contribution in [2.24, 2.45) is 0 Å². The molecule has 7 aromatic rings. The number of ether oxygens (including phenoxy) is 3. The van der Waals surface area contributed by atoms with E-state index in [0.717, 1.165) is 43.8 Å². The van der Waals surface area contributed by atoms with E-state index in [9.17, 15) is 20.0 Å². The Labute approximate surface area is 397 Å². The Bertz CT molecular complexity index is 2970. The highest BCUT2D eigenvalue weighted by Gasteiger charge is 2.54. The van der Waals surface area contributed by atoms with Crippen LogP contribution in [0.2, 0.25) is 0 Å². The predicted molar refractivity (Wildman–Crippen MR) is 266 cm³/mol. The van der Waals surface area contributed by atoms with Crippen LogP contribution in [0, 0.1) is 23.2 Å². The number of nitriles is 1. The second kappa shape index (κ2) is 21.1. The number of hydrogen-bond donors (Lipinski definition) is 2. The lowest BCUT2D eigenvalue weighted by atomic mass is 9.64. The molecule has 12 nitrogen and oxygen atoms in total. The van der Waals surface area contributed by atoms with Gasteiger partial charge in [-0.15, -0.1) is 0 Å². The van der Waals surface area contributed by atoms with Crippen LogP contribution in [-0.4, -0.2) is 70.6 Å². The van der Waals surface area contributed by atoms with Crippen LogP contribution in [0.1, 0.15) is 74.6 Å². The van der Waals surface area contributed by atoms with Gasteiger partial charge in [-0.1, -0.05) is 115 Å². The minimum Gasteiger partial charge on any atom is -0.497 e. The molecule has 2 heterocycles. The van der Waals surface area contributed by atoms with E-state index < -0.39 is 49.7 Å². The Kier molecular flexibility index (Phi) is 14.9. The third-order valence-corrected chi connectivity index (χ3v) is 14.6. The Morgan fingerprint density at radius 1 is 0.794 bits per heavy atom. The van der Waals surface area contributed by atoms with E-state index in [4.69, 9.17) is 23.3 Å². The molecule has 1 aliphatic rings. The van der Waals surface area contributed by atoms with E-state index in [0.29, 0.717) is 11.5 Å². The summed E-state index contributed by atoms with van der Waals surface area (Å²) in [5.74, 6) is 7.64. The van der Waals surface area contributed by atoms with Gasteiger partial charge in [0.15, 0.2) is 0 Å². The zero-order valence-electron chi connectivity index (χ0n) is 39.0. The average Bonchev–Trinajstić information content (AvgIpc) is 3.77. The standard InChI is InChI=1S/C55H55N4O8P/c1-36(2)59(37(3)4)68(65-32-14-31-56)67-49-34-50(58-35-40(53(61)57-54(58)62)21-30-48-46-19-12-10-15-38(46)33-39-16-11-13-20-47(39)48)66-51(49)52(60)55(41-17-8-7-9-18-41,42-22-26-44(63-5)27-23-42)43-24-28-45(64-6)29-25-43/h7-13,15-20,22-29,33,35-37,49-52,60H,14,32,34H2,1-6H3,(H,57,61,62)/t49-,50+,51-,52?,68?/m0/s1. The molecule has 68 heavy (non-hydrogen) atoms. The summed E-state index contributed by atoms with van der Waals surface area (Å²) in [6.07, 6.45) is -2.86. The van der Waals surface area contributed by atoms with Gasteiger partial charge in [0.2, 0.25) is 0 Å². The summed E-state index contributed by atoms with van der Waals surface area (Å²) in [6.45, 7) is 8.29. The highest BCUT2D eigenvalue weighted by Crippen LogP contribution is 2.53. The first-order valence-electron chi connectivity index (χ1n) is 22.7. The molecule has 1 aromatic heterocycles. The number of aliphatic hydroxyl groups is 1. The Morgan fingerprint density at radius 3 is 1.88 bits per heavy atom. The van der Waals surface area contributed by atoms with Gasteiger partial charge in [-0.05, 0) is 96.3 Å². The second-order valence-corrected chi connectivity index (χ2v) is 18.6. The summed E-state index contributed by atoms with van der Waals surface area (Å²) in [5.41, 5.74) is 0.331. The number of hydrogen-bond acceptors (Lipinski definition) is 10. The first kappa shape index (κ1) is 47.9. The quantitative estimate of drug-likeness (QED) is 0.0316. The van der Waals surface area contributed by atoms with Crippen molar-refractivity contribution in [3.05, 3.63) is 188 Å². The molecule has 2 unspecified atom stereocenters. The lowest BCUT2D eigenvalue weighted by molar-refractivity contribution is -0.0953. The number of aliphatic hydroxyl groups excluding tert-OH is 1. The van der Waals surface area contributed by atoms with E-state index >= 15 is 0 Å². The molecule has 8 rings (SSSR count). The second-order valence-electron chi connectivity index (χ2n) is 17.2. The van der Waals surface area contributed by atoms with Gasteiger partial charge in [0, 0.05) is 30.3 Å². The van der Waals surface area contributed by atoms with Crippen LogP contribution in [0.5, 0.6) is 11.5 Å². The molecule has 5 atom stereocenters. The van der Waals surface area contributed by atoms with Crippen molar-refractivity contribution in [2.45, 2.75) is 82.6 Å². The number of H-pyrrole nitrogens is 1. The first-order chi connectivity index (χ1) is 33.0. The average molecular weight is 931 g/mol. The van der Waals surface area contributed by atoms with Crippen molar-refractivity contribution in [3.8, 4) is 29.4 Å². The molecule has 1 aliphatic heterocycles. The third kappa shape index (κ3) is 9.58. The number of fused-ring (bicyclic) bond motifs is 2. The Balaban J connectivity index is 1.29. The van der Waals surface area contributed by atoms with Gasteiger partial charge in [-0.25, -0.2) is 9.46 Å². The number of nitrogens with one attached hydrogen (secondary N) is 1. The molecule has 0 bridgehead atoms. The van der Waals surface area contributed by atoms with Crippen LogP contribution < -0.4 is 20.7 Å². The van der Waals surface area contributed by atoms with Crippen LogP contribution in [0.25, 0.3) is 21.5 Å². The maximum Gasteiger partial charge on any atom is 0.330 e. The molecule has 0 saturated carbocycles. The zero-order valence-corrected chi connectivity index (χ0v) is 39.9. The molecule has 0 spiro atoms.